The molecule has 2 amide bonds. The van der Waals surface area contributed by atoms with Crippen molar-refractivity contribution in [2.45, 2.75) is 43.0 Å². The van der Waals surface area contributed by atoms with Gasteiger partial charge in [0.2, 0.25) is 5.91 Å². The Hall–Kier alpha value is -3.14. The molecule has 160 valence electrons. The number of hydrogen-bond acceptors (Lipinski definition) is 7. The third-order valence-corrected chi connectivity index (χ3v) is 7.32. The summed E-state index contributed by atoms with van der Waals surface area (Å²) in [6.45, 7) is 6.40. The summed E-state index contributed by atoms with van der Waals surface area (Å²) in [5.74, 6) is 0.515. The topological polar surface area (TPSA) is 113 Å². The number of H-pyrrole nitrogens is 1. The summed E-state index contributed by atoms with van der Waals surface area (Å²) in [4.78, 5) is 28.2. The minimum absolute atomic E-state index is 0.149. The van der Waals surface area contributed by atoms with Crippen LogP contribution in [0.15, 0.2) is 36.4 Å². The average molecular weight is 439 g/mol. The molecule has 2 aromatic carbocycles. The van der Waals surface area contributed by atoms with Gasteiger partial charge in [0.15, 0.2) is 5.82 Å². The molecule has 3 aromatic rings. The van der Waals surface area contributed by atoms with E-state index in [1.165, 1.54) is 0 Å². The number of tetrazole rings is 1. The molecule has 5 rings (SSSR count). The molecule has 0 radical (unpaired) electrons. The number of hydrogen-bond donors (Lipinski definition) is 2. The lowest BCUT2D eigenvalue weighted by Gasteiger charge is -2.44. The normalized spacial score (nSPS) is 24.0. The van der Waals surface area contributed by atoms with Crippen LogP contribution < -0.4 is 10.1 Å². The summed E-state index contributed by atoms with van der Waals surface area (Å²) in [7, 11) is 0. The summed E-state index contributed by atoms with van der Waals surface area (Å²) < 4.78 is 5.40. The van der Waals surface area contributed by atoms with E-state index in [0.717, 1.165) is 10.8 Å². The number of rotatable bonds is 5. The monoisotopic (exact) mass is 438 g/mol. The quantitative estimate of drug-likeness (QED) is 0.588. The van der Waals surface area contributed by atoms with E-state index in [2.05, 4.69) is 25.9 Å². The highest BCUT2D eigenvalue weighted by atomic mass is 32.2. The Morgan fingerprint density at radius 1 is 1.29 bits per heavy atom. The van der Waals surface area contributed by atoms with Gasteiger partial charge in [0, 0.05) is 4.75 Å². The molecule has 0 aliphatic carbocycles. The number of β-lactam (4-membered cyclic amide) rings is 1. The summed E-state index contributed by atoms with van der Waals surface area (Å²) in [6.07, 6.45) is 0. The van der Waals surface area contributed by atoms with Crippen LogP contribution in [0.3, 0.4) is 0 Å². The molecule has 1 aromatic heterocycles. The molecule has 2 N–H and O–H groups in total. The number of nitrogens with one attached hydrogen (secondary N) is 2. The summed E-state index contributed by atoms with van der Waals surface area (Å²) in [6, 6.07) is 10.4. The number of amides is 2. The molecule has 2 aliphatic heterocycles. The maximum Gasteiger partial charge on any atom is 0.256 e. The number of benzene rings is 2. The van der Waals surface area contributed by atoms with Gasteiger partial charge in [-0.05, 0) is 37.6 Å². The van der Waals surface area contributed by atoms with Crippen molar-refractivity contribution >= 4 is 34.3 Å². The molecule has 3 heterocycles. The van der Waals surface area contributed by atoms with Gasteiger partial charge < -0.3 is 15.0 Å². The molecule has 0 saturated carbocycles. The zero-order valence-corrected chi connectivity index (χ0v) is 18.1. The van der Waals surface area contributed by atoms with Gasteiger partial charge in [-0.2, -0.15) is 5.21 Å². The fourth-order valence-electron chi connectivity index (χ4n) is 4.42. The Morgan fingerprint density at radius 2 is 2.10 bits per heavy atom. The number of thioether (sulfide) groups is 1. The van der Waals surface area contributed by atoms with E-state index in [9.17, 15) is 9.59 Å². The molecule has 9 nitrogen and oxygen atoms in total. The van der Waals surface area contributed by atoms with E-state index in [1.807, 2.05) is 51.1 Å². The highest BCUT2D eigenvalue weighted by Crippen LogP contribution is 2.56. The number of carbonyl (C=O) groups is 2. The van der Waals surface area contributed by atoms with Gasteiger partial charge in [-0.3, -0.25) is 9.59 Å². The molecule has 0 bridgehead atoms. The second-order valence-electron chi connectivity index (χ2n) is 8.07. The molecule has 2 unspecified atom stereocenters. The molecular formula is C21H22N6O3S. The van der Waals surface area contributed by atoms with Crippen LogP contribution in [0.4, 0.5) is 0 Å². The van der Waals surface area contributed by atoms with Gasteiger partial charge >= 0.3 is 0 Å². The van der Waals surface area contributed by atoms with Crippen LogP contribution in [0, 0.1) is 0 Å². The van der Waals surface area contributed by atoms with Crippen LogP contribution in [0.1, 0.15) is 43.0 Å². The predicted molar refractivity (Wildman–Crippen MR) is 116 cm³/mol. The van der Waals surface area contributed by atoms with E-state index in [-0.39, 0.29) is 28.0 Å². The lowest BCUT2D eigenvalue weighted by Crippen LogP contribution is -2.67. The summed E-state index contributed by atoms with van der Waals surface area (Å²) in [5.41, 5.74) is 0.447. The molecule has 2 aliphatic rings. The zero-order valence-electron chi connectivity index (χ0n) is 17.3. The first-order chi connectivity index (χ1) is 14.9. The van der Waals surface area contributed by atoms with Gasteiger partial charge in [0.1, 0.15) is 23.2 Å². The summed E-state index contributed by atoms with van der Waals surface area (Å²) in [5, 5.41) is 18.8. The number of aromatic nitrogens is 4. The third-order valence-electron chi connectivity index (χ3n) is 5.75. The van der Waals surface area contributed by atoms with E-state index >= 15 is 0 Å². The number of ether oxygens (including phenoxy) is 1. The van der Waals surface area contributed by atoms with Gasteiger partial charge in [-0.15, -0.1) is 22.0 Å². The maximum absolute atomic E-state index is 13.4. The lowest BCUT2D eigenvalue weighted by atomic mass is 9.95. The fourth-order valence-corrected chi connectivity index (χ4v) is 6.05. The van der Waals surface area contributed by atoms with Crippen LogP contribution in [0.2, 0.25) is 0 Å². The van der Waals surface area contributed by atoms with Crippen LogP contribution in [-0.4, -0.2) is 60.1 Å². The predicted octanol–water partition coefficient (Wildman–Crippen LogP) is 2.29. The second kappa shape index (κ2) is 7.23. The first-order valence-electron chi connectivity index (χ1n) is 10.1. The van der Waals surface area contributed by atoms with Crippen LogP contribution in [0.5, 0.6) is 5.75 Å². The first kappa shape index (κ1) is 19.8. The van der Waals surface area contributed by atoms with E-state index in [0.29, 0.717) is 23.7 Å². The SMILES string of the molecule is CCOc1ccc2ccccc2c1C(=O)NC1C(=O)N2C(c3nn[nH]n3)C(C)(C)S[C@H]12. The van der Waals surface area contributed by atoms with Crippen LogP contribution >= 0.6 is 11.8 Å². The van der Waals surface area contributed by atoms with Gasteiger partial charge in [0.05, 0.1) is 12.2 Å². The maximum atomic E-state index is 13.4. The summed E-state index contributed by atoms with van der Waals surface area (Å²) >= 11 is 1.63. The van der Waals surface area contributed by atoms with Gasteiger partial charge in [-0.1, -0.05) is 35.5 Å². The molecule has 3 atom stereocenters. The Balaban J connectivity index is 1.44. The number of carbonyl (C=O) groups excluding carboxylic acids is 2. The number of nitrogens with zero attached hydrogens (tertiary/aromatic N) is 4. The fraction of sp³-hybridized carbons (Fsp3) is 0.381. The largest absolute Gasteiger partial charge is 0.493 e. The second-order valence-corrected chi connectivity index (χ2v) is 9.84. The van der Waals surface area contributed by atoms with Gasteiger partial charge in [0.25, 0.3) is 5.91 Å². The first-order valence-corrected chi connectivity index (χ1v) is 11.0. The minimum atomic E-state index is -0.623. The van der Waals surface area contributed by atoms with Crippen LogP contribution in [0.25, 0.3) is 10.8 Å². The highest BCUT2D eigenvalue weighted by Gasteiger charge is 2.63. The van der Waals surface area contributed by atoms with E-state index in [4.69, 9.17) is 4.74 Å². The molecular weight excluding hydrogens is 416 g/mol. The lowest BCUT2D eigenvalue weighted by molar-refractivity contribution is -0.148. The van der Waals surface area contributed by atoms with Crippen LogP contribution in [-0.2, 0) is 4.79 Å². The standard InChI is InChI=1S/C21H22N6O3S/c1-4-30-13-10-9-11-7-5-6-8-12(11)14(13)18(28)22-15-19(29)27-16(17-23-25-26-24-17)21(2,3)31-20(15)27/h5-10,15-16,20H,4H2,1-3H3,(H,22,28)(H,23,24,25,26)/t15?,16?,20-/m1/s1. The number of fused-ring (bicyclic) bond motifs is 2. The molecule has 2 fully saturated rings. The minimum Gasteiger partial charge on any atom is -0.493 e. The molecule has 10 heteroatoms. The van der Waals surface area contributed by atoms with Crippen molar-refractivity contribution in [3.8, 4) is 5.75 Å². The average Bonchev–Trinajstić information content (AvgIpc) is 3.36. The Morgan fingerprint density at radius 3 is 2.84 bits per heavy atom. The van der Waals surface area contributed by atoms with Crippen molar-refractivity contribution in [3.05, 3.63) is 47.8 Å². The van der Waals surface area contributed by atoms with E-state index in [1.54, 1.807) is 22.7 Å². The van der Waals surface area contributed by atoms with Crippen molar-refractivity contribution in [3.63, 3.8) is 0 Å². The smallest absolute Gasteiger partial charge is 0.256 e. The molecule has 31 heavy (non-hydrogen) atoms. The molecule has 2 saturated heterocycles. The van der Waals surface area contributed by atoms with Gasteiger partial charge in [-0.25, -0.2) is 0 Å². The molecule has 0 spiro atoms. The van der Waals surface area contributed by atoms with Crippen molar-refractivity contribution < 1.29 is 14.3 Å². The Bertz CT molecular complexity index is 1170. The van der Waals surface area contributed by atoms with Crippen molar-refractivity contribution in [2.24, 2.45) is 0 Å². The Kier molecular flexibility index (Phi) is 4.62. The third kappa shape index (κ3) is 3.04. The highest BCUT2D eigenvalue weighted by molar-refractivity contribution is 8.01. The number of aromatic amines is 1. The van der Waals surface area contributed by atoms with E-state index < -0.39 is 6.04 Å². The Labute approximate surface area is 182 Å². The van der Waals surface area contributed by atoms with Crippen molar-refractivity contribution in [1.29, 1.82) is 0 Å². The van der Waals surface area contributed by atoms with Crippen molar-refractivity contribution in [2.75, 3.05) is 6.61 Å². The van der Waals surface area contributed by atoms with Crippen molar-refractivity contribution in [1.82, 2.24) is 30.8 Å². The zero-order chi connectivity index (χ0) is 21.8.